The molecule has 0 amide bonds. The number of piperidine rings is 1. The Morgan fingerprint density at radius 3 is 2.55 bits per heavy atom. The molecular weight excluding hydrogens is 392 g/mol. The van der Waals surface area contributed by atoms with Crippen LogP contribution in [0.4, 0.5) is 0 Å². The third-order valence-electron chi connectivity index (χ3n) is 6.20. The number of aromatic nitrogens is 1. The second kappa shape index (κ2) is 10.4. The van der Waals surface area contributed by atoms with E-state index in [9.17, 15) is 4.79 Å². The van der Waals surface area contributed by atoms with Crippen molar-refractivity contribution >= 4 is 16.9 Å². The zero-order valence-corrected chi connectivity index (χ0v) is 19.0. The van der Waals surface area contributed by atoms with Crippen molar-refractivity contribution in [3.05, 3.63) is 23.9 Å². The van der Waals surface area contributed by atoms with Crippen LogP contribution in [0.15, 0.2) is 18.2 Å². The summed E-state index contributed by atoms with van der Waals surface area (Å²) in [6.45, 7) is 7.43. The Kier molecular flexibility index (Phi) is 7.38. The van der Waals surface area contributed by atoms with Crippen molar-refractivity contribution in [2.45, 2.75) is 77.4 Å². The fourth-order valence-electron chi connectivity index (χ4n) is 4.62. The van der Waals surface area contributed by atoms with Gasteiger partial charge in [0.1, 0.15) is 23.8 Å². The molecule has 1 aliphatic heterocycles. The molecule has 0 atom stereocenters. The van der Waals surface area contributed by atoms with Gasteiger partial charge in [0.15, 0.2) is 0 Å². The van der Waals surface area contributed by atoms with E-state index >= 15 is 0 Å². The highest BCUT2D eigenvalue weighted by Crippen LogP contribution is 2.35. The van der Waals surface area contributed by atoms with E-state index in [2.05, 4.69) is 9.88 Å². The highest BCUT2D eigenvalue weighted by molar-refractivity contribution is 5.97. The standard InChI is InChI=1S/C25H36N2O4/c1-18(2)30-20-15-22-21(24(16-20)31-19-9-5-3-6-10-19)17-23(26-22)25(28)29-14-13-27-11-7-4-8-12-27/h15-19,26H,3-14H2,1-2H3. The van der Waals surface area contributed by atoms with Crippen molar-refractivity contribution in [3.63, 3.8) is 0 Å². The molecule has 2 heterocycles. The van der Waals surface area contributed by atoms with Crippen LogP contribution in [-0.4, -0.2) is 54.3 Å². The van der Waals surface area contributed by atoms with E-state index < -0.39 is 0 Å². The van der Waals surface area contributed by atoms with Gasteiger partial charge in [-0.2, -0.15) is 0 Å². The minimum Gasteiger partial charge on any atom is -0.491 e. The number of H-pyrrole nitrogens is 1. The maximum absolute atomic E-state index is 12.7. The third-order valence-corrected chi connectivity index (χ3v) is 6.20. The van der Waals surface area contributed by atoms with Crippen LogP contribution in [0.1, 0.15) is 75.7 Å². The summed E-state index contributed by atoms with van der Waals surface area (Å²) in [4.78, 5) is 18.3. The van der Waals surface area contributed by atoms with Crippen LogP contribution in [0.5, 0.6) is 11.5 Å². The van der Waals surface area contributed by atoms with E-state index in [1.165, 1.54) is 38.5 Å². The SMILES string of the molecule is CC(C)Oc1cc(OC2CCCCC2)c2cc(C(=O)OCCN3CCCCC3)[nH]c2c1. The Bertz CT molecular complexity index is 864. The van der Waals surface area contributed by atoms with Crippen molar-refractivity contribution in [2.75, 3.05) is 26.2 Å². The first kappa shape index (κ1) is 22.0. The number of carbonyl (C=O) groups is 1. The van der Waals surface area contributed by atoms with Gasteiger partial charge in [0, 0.05) is 24.1 Å². The summed E-state index contributed by atoms with van der Waals surface area (Å²) in [6, 6.07) is 5.75. The van der Waals surface area contributed by atoms with E-state index in [0.717, 1.165) is 54.9 Å². The predicted molar refractivity (Wildman–Crippen MR) is 122 cm³/mol. The van der Waals surface area contributed by atoms with Gasteiger partial charge in [0.05, 0.1) is 17.7 Å². The molecule has 6 heteroatoms. The molecule has 2 fully saturated rings. The van der Waals surface area contributed by atoms with Crippen molar-refractivity contribution in [3.8, 4) is 11.5 Å². The molecule has 1 aromatic carbocycles. The quantitative estimate of drug-likeness (QED) is 0.577. The molecule has 1 N–H and O–H groups in total. The Balaban J connectivity index is 1.48. The molecule has 1 saturated carbocycles. The minimum absolute atomic E-state index is 0.0640. The van der Waals surface area contributed by atoms with Crippen molar-refractivity contribution in [1.29, 1.82) is 0 Å². The lowest BCUT2D eigenvalue weighted by atomic mass is 9.98. The number of nitrogens with one attached hydrogen (secondary N) is 1. The smallest absolute Gasteiger partial charge is 0.354 e. The number of benzene rings is 1. The average molecular weight is 429 g/mol. The zero-order chi connectivity index (χ0) is 21.6. The van der Waals surface area contributed by atoms with Crippen LogP contribution in [-0.2, 0) is 4.74 Å². The molecule has 2 aliphatic rings. The summed E-state index contributed by atoms with van der Waals surface area (Å²) in [5.41, 5.74) is 1.30. The van der Waals surface area contributed by atoms with Crippen LogP contribution >= 0.6 is 0 Å². The van der Waals surface area contributed by atoms with Gasteiger partial charge < -0.3 is 19.2 Å². The summed E-state index contributed by atoms with van der Waals surface area (Å²) >= 11 is 0. The molecule has 0 unspecified atom stereocenters. The maximum Gasteiger partial charge on any atom is 0.354 e. The zero-order valence-electron chi connectivity index (χ0n) is 19.0. The molecule has 4 rings (SSSR count). The molecule has 0 spiro atoms. The first-order valence-corrected chi connectivity index (χ1v) is 12.0. The van der Waals surface area contributed by atoms with Crippen LogP contribution in [0, 0.1) is 0 Å². The lowest BCUT2D eigenvalue weighted by Crippen LogP contribution is -2.33. The van der Waals surface area contributed by atoms with E-state index in [-0.39, 0.29) is 18.2 Å². The number of hydrogen-bond acceptors (Lipinski definition) is 5. The Hall–Kier alpha value is -2.21. The third kappa shape index (κ3) is 5.94. The highest BCUT2D eigenvalue weighted by Gasteiger charge is 2.20. The molecule has 2 aromatic rings. The molecular formula is C25H36N2O4. The Labute approximate surface area is 185 Å². The second-order valence-electron chi connectivity index (χ2n) is 9.15. The number of aromatic amines is 1. The Morgan fingerprint density at radius 1 is 1.06 bits per heavy atom. The van der Waals surface area contributed by atoms with Crippen LogP contribution in [0.2, 0.25) is 0 Å². The molecule has 31 heavy (non-hydrogen) atoms. The van der Waals surface area contributed by atoms with Gasteiger partial charge in [-0.25, -0.2) is 4.79 Å². The average Bonchev–Trinajstić information content (AvgIpc) is 3.19. The molecule has 0 bridgehead atoms. The number of esters is 1. The van der Waals surface area contributed by atoms with E-state index in [1.807, 2.05) is 32.0 Å². The number of carbonyl (C=O) groups excluding carboxylic acids is 1. The van der Waals surface area contributed by atoms with Gasteiger partial charge in [0.2, 0.25) is 0 Å². The second-order valence-corrected chi connectivity index (χ2v) is 9.15. The predicted octanol–water partition coefficient (Wildman–Crippen LogP) is 5.31. The summed E-state index contributed by atoms with van der Waals surface area (Å²) in [7, 11) is 0. The van der Waals surface area contributed by atoms with E-state index in [0.29, 0.717) is 12.3 Å². The molecule has 6 nitrogen and oxygen atoms in total. The van der Waals surface area contributed by atoms with Gasteiger partial charge in [-0.15, -0.1) is 0 Å². The first-order chi connectivity index (χ1) is 15.1. The lowest BCUT2D eigenvalue weighted by molar-refractivity contribution is 0.0446. The summed E-state index contributed by atoms with van der Waals surface area (Å²) in [5.74, 6) is 1.21. The maximum atomic E-state index is 12.7. The van der Waals surface area contributed by atoms with Crippen LogP contribution in [0.25, 0.3) is 10.9 Å². The summed E-state index contributed by atoms with van der Waals surface area (Å²) < 4.78 is 17.9. The molecule has 1 saturated heterocycles. The number of ether oxygens (including phenoxy) is 3. The largest absolute Gasteiger partial charge is 0.491 e. The fourth-order valence-corrected chi connectivity index (χ4v) is 4.62. The lowest BCUT2D eigenvalue weighted by Gasteiger charge is -2.25. The summed E-state index contributed by atoms with van der Waals surface area (Å²) in [6.07, 6.45) is 9.91. The van der Waals surface area contributed by atoms with Gasteiger partial charge >= 0.3 is 5.97 Å². The monoisotopic (exact) mass is 428 g/mol. The minimum atomic E-state index is -0.317. The number of nitrogens with zero attached hydrogens (tertiary/aromatic N) is 1. The van der Waals surface area contributed by atoms with Crippen molar-refractivity contribution in [2.24, 2.45) is 0 Å². The van der Waals surface area contributed by atoms with Gasteiger partial charge in [-0.1, -0.05) is 12.8 Å². The van der Waals surface area contributed by atoms with Gasteiger partial charge in [0.25, 0.3) is 0 Å². The molecule has 1 aromatic heterocycles. The normalized spacial score (nSPS) is 18.4. The molecule has 1 aliphatic carbocycles. The van der Waals surface area contributed by atoms with Crippen molar-refractivity contribution < 1.29 is 19.0 Å². The first-order valence-electron chi connectivity index (χ1n) is 12.0. The van der Waals surface area contributed by atoms with Crippen LogP contribution < -0.4 is 9.47 Å². The van der Waals surface area contributed by atoms with Crippen LogP contribution in [0.3, 0.4) is 0 Å². The van der Waals surface area contributed by atoms with E-state index in [1.54, 1.807) is 0 Å². The highest BCUT2D eigenvalue weighted by atomic mass is 16.5. The van der Waals surface area contributed by atoms with Crippen molar-refractivity contribution in [1.82, 2.24) is 9.88 Å². The number of hydrogen-bond donors (Lipinski definition) is 1. The van der Waals surface area contributed by atoms with Gasteiger partial charge in [-0.3, -0.25) is 4.90 Å². The molecule has 0 radical (unpaired) electrons. The molecule has 170 valence electrons. The number of likely N-dealkylation sites (tertiary alicyclic amines) is 1. The summed E-state index contributed by atoms with van der Waals surface area (Å²) in [5, 5.41) is 0.907. The fraction of sp³-hybridized carbons (Fsp3) is 0.640. The topological polar surface area (TPSA) is 63.8 Å². The number of fused-ring (bicyclic) bond motifs is 1. The Morgan fingerprint density at radius 2 is 1.81 bits per heavy atom. The van der Waals surface area contributed by atoms with E-state index in [4.69, 9.17) is 14.2 Å². The number of rotatable bonds is 8. The van der Waals surface area contributed by atoms with Gasteiger partial charge in [-0.05, 0) is 71.5 Å².